The van der Waals surface area contributed by atoms with Crippen molar-refractivity contribution in [2.45, 2.75) is 30.4 Å². The maximum Gasteiger partial charge on any atom is 0.272 e. The van der Waals surface area contributed by atoms with Gasteiger partial charge in [0.15, 0.2) is 9.84 Å². The molecule has 0 radical (unpaired) electrons. The number of amides is 1. The second-order valence-electron chi connectivity index (χ2n) is 6.82. The van der Waals surface area contributed by atoms with Crippen molar-refractivity contribution in [3.63, 3.8) is 0 Å². The van der Waals surface area contributed by atoms with Gasteiger partial charge < -0.3 is 4.90 Å². The molecule has 144 valence electrons. The number of carbonyl (C=O) groups excluding carboxylic acids is 1. The van der Waals surface area contributed by atoms with Crippen LogP contribution in [0.1, 0.15) is 35.9 Å². The minimum atomic E-state index is -3.77. The fraction of sp³-hybridized carbons (Fsp3) is 0.368. The summed E-state index contributed by atoms with van der Waals surface area (Å²) in [5.41, 5.74) is 0.487. The number of sulfone groups is 1. The number of pyridine rings is 1. The lowest BCUT2D eigenvalue weighted by Crippen LogP contribution is -2.38. The van der Waals surface area contributed by atoms with Crippen LogP contribution in [0, 0.1) is 11.7 Å². The van der Waals surface area contributed by atoms with Crippen molar-refractivity contribution in [1.82, 2.24) is 9.88 Å². The highest BCUT2D eigenvalue weighted by molar-refractivity contribution is 7.90. The van der Waals surface area contributed by atoms with Crippen molar-refractivity contribution in [2.75, 3.05) is 13.1 Å². The molecule has 1 saturated heterocycles. The highest BCUT2D eigenvalue weighted by Crippen LogP contribution is 2.23. The minimum absolute atomic E-state index is 0.0857. The van der Waals surface area contributed by atoms with Gasteiger partial charge in [0, 0.05) is 13.1 Å². The maximum absolute atomic E-state index is 13.3. The lowest BCUT2D eigenvalue weighted by molar-refractivity contribution is 0.0691. The molecule has 2 heterocycles. The molecule has 3 rings (SSSR count). The number of hydrogen-bond donors (Lipinski definition) is 0. The van der Waals surface area contributed by atoms with Gasteiger partial charge in [0.05, 0.1) is 21.4 Å². The van der Waals surface area contributed by atoms with Crippen molar-refractivity contribution in [1.29, 1.82) is 0 Å². The molecule has 1 aromatic heterocycles. The van der Waals surface area contributed by atoms with Crippen LogP contribution in [0.25, 0.3) is 0 Å². The number of nitrogens with zero attached hydrogens (tertiary/aromatic N) is 2. The van der Waals surface area contributed by atoms with E-state index in [0.717, 1.165) is 25.0 Å². The van der Waals surface area contributed by atoms with Crippen molar-refractivity contribution >= 4 is 27.3 Å². The first-order valence-electron chi connectivity index (χ1n) is 8.69. The molecule has 1 aliphatic heterocycles. The average Bonchev–Trinajstić information content (AvgIpc) is 2.64. The zero-order chi connectivity index (χ0) is 19.6. The molecule has 0 saturated carbocycles. The fourth-order valence-corrected chi connectivity index (χ4v) is 4.54. The summed E-state index contributed by atoms with van der Waals surface area (Å²) in [4.78, 5) is 18.5. The average molecular weight is 411 g/mol. The number of rotatable bonds is 4. The number of benzene rings is 1. The summed E-state index contributed by atoms with van der Waals surface area (Å²) >= 11 is 5.68. The van der Waals surface area contributed by atoms with E-state index in [2.05, 4.69) is 11.9 Å². The predicted octanol–water partition coefficient (Wildman–Crippen LogP) is 3.72. The van der Waals surface area contributed by atoms with Crippen LogP contribution in [0.2, 0.25) is 5.02 Å². The molecule has 0 N–H and O–H groups in total. The van der Waals surface area contributed by atoms with Crippen molar-refractivity contribution in [3.8, 4) is 0 Å². The number of piperidine rings is 1. The van der Waals surface area contributed by atoms with Crippen LogP contribution < -0.4 is 0 Å². The number of aromatic nitrogens is 1. The molecular formula is C19H20ClFN2O3S. The van der Waals surface area contributed by atoms with E-state index in [1.54, 1.807) is 23.1 Å². The van der Waals surface area contributed by atoms with E-state index in [9.17, 15) is 17.6 Å². The monoisotopic (exact) mass is 410 g/mol. The minimum Gasteiger partial charge on any atom is -0.337 e. The van der Waals surface area contributed by atoms with Crippen LogP contribution in [0.15, 0.2) is 41.3 Å². The molecule has 5 nitrogen and oxygen atoms in total. The van der Waals surface area contributed by atoms with Crippen LogP contribution in [0.5, 0.6) is 0 Å². The normalized spacial score (nSPS) is 15.7. The molecule has 0 spiro atoms. The Bertz CT molecular complexity index is 957. The summed E-state index contributed by atoms with van der Waals surface area (Å²) in [7, 11) is -3.77. The van der Waals surface area contributed by atoms with Gasteiger partial charge in [-0.05, 0) is 49.1 Å². The Kier molecular flexibility index (Phi) is 5.81. The zero-order valence-electron chi connectivity index (χ0n) is 14.9. The van der Waals surface area contributed by atoms with Crippen molar-refractivity contribution in [2.24, 2.45) is 5.92 Å². The summed E-state index contributed by atoms with van der Waals surface area (Å²) in [6.07, 6.45) is 1.90. The Morgan fingerprint density at radius 1 is 1.26 bits per heavy atom. The third kappa shape index (κ3) is 4.65. The number of hydrogen-bond acceptors (Lipinski definition) is 4. The Balaban J connectivity index is 1.79. The number of halogens is 2. The van der Waals surface area contributed by atoms with Crippen LogP contribution in [0.4, 0.5) is 4.39 Å². The smallest absolute Gasteiger partial charge is 0.272 e. The summed E-state index contributed by atoms with van der Waals surface area (Å²) in [6, 6.07) is 8.02. The summed E-state index contributed by atoms with van der Waals surface area (Å²) in [5.74, 6) is -0.670. The number of carbonyl (C=O) groups is 1. The van der Waals surface area contributed by atoms with E-state index >= 15 is 0 Å². The molecule has 0 bridgehead atoms. The van der Waals surface area contributed by atoms with E-state index < -0.39 is 21.4 Å². The largest absolute Gasteiger partial charge is 0.337 e. The first kappa shape index (κ1) is 19.8. The highest BCUT2D eigenvalue weighted by Gasteiger charge is 2.23. The molecule has 0 atom stereocenters. The van der Waals surface area contributed by atoms with Crippen molar-refractivity contribution in [3.05, 3.63) is 58.6 Å². The standard InChI is InChI=1S/C19H20ClFN2O3S/c1-13-7-9-23(10-8-13)19(24)18-4-2-3-14(22-18)12-27(25,26)15-5-6-17(21)16(20)11-15/h2-6,11,13H,7-10,12H2,1H3. The quantitative estimate of drug-likeness (QED) is 0.720. The topological polar surface area (TPSA) is 67.3 Å². The fourth-order valence-electron chi connectivity index (χ4n) is 3.00. The van der Waals surface area contributed by atoms with Crippen LogP contribution in [0.3, 0.4) is 0 Å². The molecule has 1 amide bonds. The summed E-state index contributed by atoms with van der Waals surface area (Å²) in [5, 5.41) is -0.257. The van der Waals surface area contributed by atoms with Gasteiger partial charge in [-0.3, -0.25) is 4.79 Å². The third-order valence-electron chi connectivity index (χ3n) is 4.68. The second kappa shape index (κ2) is 7.94. The first-order chi connectivity index (χ1) is 12.8. The molecule has 0 aliphatic carbocycles. The van der Waals surface area contributed by atoms with E-state index in [1.807, 2.05) is 0 Å². The maximum atomic E-state index is 13.3. The molecule has 1 aliphatic rings. The Hall–Kier alpha value is -1.99. The van der Waals surface area contributed by atoms with Crippen LogP contribution in [-0.2, 0) is 15.6 Å². The van der Waals surface area contributed by atoms with Crippen molar-refractivity contribution < 1.29 is 17.6 Å². The van der Waals surface area contributed by atoms with Gasteiger partial charge in [-0.15, -0.1) is 0 Å². The molecule has 0 unspecified atom stereocenters. The van der Waals surface area contributed by atoms with E-state index in [4.69, 9.17) is 11.6 Å². The molecule has 1 aromatic carbocycles. The molecule has 27 heavy (non-hydrogen) atoms. The van der Waals surface area contributed by atoms with Gasteiger partial charge in [0.1, 0.15) is 11.5 Å². The van der Waals surface area contributed by atoms with Crippen LogP contribution in [-0.4, -0.2) is 37.3 Å². The van der Waals surface area contributed by atoms with E-state index in [0.29, 0.717) is 19.0 Å². The van der Waals surface area contributed by atoms with Crippen LogP contribution >= 0.6 is 11.6 Å². The van der Waals surface area contributed by atoms with Gasteiger partial charge in [0.2, 0.25) is 0 Å². The van der Waals surface area contributed by atoms with Gasteiger partial charge in [-0.1, -0.05) is 24.6 Å². The summed E-state index contributed by atoms with van der Waals surface area (Å²) in [6.45, 7) is 3.52. The zero-order valence-corrected chi connectivity index (χ0v) is 16.4. The predicted molar refractivity (Wildman–Crippen MR) is 101 cm³/mol. The highest BCUT2D eigenvalue weighted by atomic mass is 35.5. The molecule has 8 heteroatoms. The van der Waals surface area contributed by atoms with E-state index in [1.165, 1.54) is 6.07 Å². The lowest BCUT2D eigenvalue weighted by atomic mass is 9.99. The summed E-state index contributed by atoms with van der Waals surface area (Å²) < 4.78 is 38.4. The Morgan fingerprint density at radius 3 is 2.63 bits per heavy atom. The van der Waals surface area contributed by atoms with E-state index in [-0.39, 0.29) is 27.2 Å². The number of likely N-dealkylation sites (tertiary alicyclic amines) is 1. The lowest BCUT2D eigenvalue weighted by Gasteiger charge is -2.30. The van der Waals surface area contributed by atoms with Gasteiger partial charge in [-0.25, -0.2) is 17.8 Å². The molecular weight excluding hydrogens is 391 g/mol. The third-order valence-corrected chi connectivity index (χ3v) is 6.62. The second-order valence-corrected chi connectivity index (χ2v) is 9.22. The Morgan fingerprint density at radius 2 is 1.96 bits per heavy atom. The molecule has 2 aromatic rings. The first-order valence-corrected chi connectivity index (χ1v) is 10.7. The van der Waals surface area contributed by atoms with Gasteiger partial charge >= 0.3 is 0 Å². The SMILES string of the molecule is CC1CCN(C(=O)c2cccc(CS(=O)(=O)c3ccc(F)c(Cl)c3)n2)CC1. The van der Waals surface area contributed by atoms with Gasteiger partial charge in [0.25, 0.3) is 5.91 Å². The molecule has 1 fully saturated rings. The van der Waals surface area contributed by atoms with Gasteiger partial charge in [-0.2, -0.15) is 0 Å². The Labute approximate surface area is 163 Å².